The normalized spacial score (nSPS) is 14.5. The van der Waals surface area contributed by atoms with E-state index >= 15 is 0 Å². The van der Waals surface area contributed by atoms with Crippen LogP contribution in [-0.4, -0.2) is 48.6 Å². The van der Waals surface area contributed by atoms with Gasteiger partial charge >= 0.3 is 0 Å². The lowest BCUT2D eigenvalue weighted by Gasteiger charge is -2.37. The minimum atomic E-state index is -0.400. The van der Waals surface area contributed by atoms with Gasteiger partial charge in [0.25, 0.3) is 11.5 Å². The summed E-state index contributed by atoms with van der Waals surface area (Å²) in [6, 6.07) is 8.35. The number of H-pyrrole nitrogens is 1. The number of hydrogen-bond donors (Lipinski definition) is 2. The number of carbonyl (C=O) groups is 1. The van der Waals surface area contributed by atoms with Crippen molar-refractivity contribution in [3.05, 3.63) is 51.9 Å². The summed E-state index contributed by atoms with van der Waals surface area (Å²) in [6.07, 6.45) is 1.37. The van der Waals surface area contributed by atoms with Crippen LogP contribution < -0.4 is 20.7 Å². The van der Waals surface area contributed by atoms with Crippen LogP contribution in [0.15, 0.2) is 35.3 Å². The molecule has 2 N–H and O–H groups in total. The summed E-state index contributed by atoms with van der Waals surface area (Å²) in [4.78, 5) is 35.9. The highest BCUT2D eigenvalue weighted by Crippen LogP contribution is 2.21. The van der Waals surface area contributed by atoms with Gasteiger partial charge < -0.3 is 15.1 Å². The standard InChI is InChI=1S/C20H27N5O2/c1-14(2)12-21-18(26)16-13-22-20(23-19(16)27)25-10-8-24(9-11-25)17-7-5-4-6-15(17)3/h4-7,13-14H,8-12H2,1-3H3,(H,21,26)(H,22,23,27). The monoisotopic (exact) mass is 369 g/mol. The molecule has 144 valence electrons. The third-order valence-corrected chi connectivity index (χ3v) is 4.74. The van der Waals surface area contributed by atoms with Crippen LogP contribution in [0.4, 0.5) is 11.6 Å². The highest BCUT2D eigenvalue weighted by molar-refractivity contribution is 5.93. The Bertz CT molecular complexity index is 853. The molecule has 7 nitrogen and oxygen atoms in total. The molecule has 27 heavy (non-hydrogen) atoms. The largest absolute Gasteiger partial charge is 0.368 e. The number of aromatic amines is 1. The molecule has 0 bridgehead atoms. The Balaban J connectivity index is 1.65. The van der Waals surface area contributed by atoms with Crippen molar-refractivity contribution in [3.63, 3.8) is 0 Å². The van der Waals surface area contributed by atoms with Crippen molar-refractivity contribution < 1.29 is 4.79 Å². The van der Waals surface area contributed by atoms with Gasteiger partial charge in [-0.05, 0) is 24.5 Å². The van der Waals surface area contributed by atoms with E-state index in [4.69, 9.17) is 0 Å². The van der Waals surface area contributed by atoms with Crippen molar-refractivity contribution >= 4 is 17.5 Å². The van der Waals surface area contributed by atoms with Gasteiger partial charge in [0.2, 0.25) is 5.95 Å². The Morgan fingerprint density at radius 2 is 1.85 bits per heavy atom. The number of carbonyl (C=O) groups excluding carboxylic acids is 1. The van der Waals surface area contributed by atoms with Crippen molar-refractivity contribution in [2.24, 2.45) is 5.92 Å². The highest BCUT2D eigenvalue weighted by atomic mass is 16.2. The van der Waals surface area contributed by atoms with Gasteiger partial charge in [-0.1, -0.05) is 32.0 Å². The van der Waals surface area contributed by atoms with E-state index in [1.165, 1.54) is 17.4 Å². The molecule has 1 aromatic carbocycles. The van der Waals surface area contributed by atoms with E-state index in [0.717, 1.165) is 26.2 Å². The van der Waals surface area contributed by atoms with Crippen LogP contribution in [0.1, 0.15) is 29.8 Å². The average molecular weight is 369 g/mol. The molecular formula is C20H27N5O2. The maximum Gasteiger partial charge on any atom is 0.265 e. The highest BCUT2D eigenvalue weighted by Gasteiger charge is 2.21. The number of piperazine rings is 1. The fourth-order valence-electron chi connectivity index (χ4n) is 3.18. The zero-order valence-corrected chi connectivity index (χ0v) is 16.2. The second-order valence-electron chi connectivity index (χ2n) is 7.31. The predicted octanol–water partition coefficient (Wildman–Crippen LogP) is 1.79. The third-order valence-electron chi connectivity index (χ3n) is 4.74. The molecule has 1 fully saturated rings. The van der Waals surface area contributed by atoms with Crippen LogP contribution in [0, 0.1) is 12.8 Å². The lowest BCUT2D eigenvalue weighted by Crippen LogP contribution is -2.47. The molecule has 1 aromatic heterocycles. The number of aromatic nitrogens is 2. The van der Waals surface area contributed by atoms with E-state index < -0.39 is 5.56 Å². The fourth-order valence-corrected chi connectivity index (χ4v) is 3.18. The minimum absolute atomic E-state index is 0.0537. The molecule has 0 spiro atoms. The van der Waals surface area contributed by atoms with E-state index in [-0.39, 0.29) is 11.5 Å². The van der Waals surface area contributed by atoms with Crippen LogP contribution >= 0.6 is 0 Å². The van der Waals surface area contributed by atoms with Gasteiger partial charge in [0, 0.05) is 44.6 Å². The van der Waals surface area contributed by atoms with Crippen LogP contribution in [0.3, 0.4) is 0 Å². The van der Waals surface area contributed by atoms with E-state index in [1.807, 2.05) is 24.8 Å². The number of hydrogen-bond acceptors (Lipinski definition) is 5. The Labute approximate surface area is 159 Å². The van der Waals surface area contributed by atoms with Crippen LogP contribution in [-0.2, 0) is 0 Å². The second kappa shape index (κ2) is 8.24. The lowest BCUT2D eigenvalue weighted by molar-refractivity contribution is 0.0947. The summed E-state index contributed by atoms with van der Waals surface area (Å²) in [5, 5.41) is 2.75. The van der Waals surface area contributed by atoms with Crippen LogP contribution in [0.25, 0.3) is 0 Å². The van der Waals surface area contributed by atoms with Gasteiger partial charge in [-0.15, -0.1) is 0 Å². The zero-order chi connectivity index (χ0) is 19.4. The van der Waals surface area contributed by atoms with Crippen molar-refractivity contribution in [3.8, 4) is 0 Å². The number of nitrogens with one attached hydrogen (secondary N) is 2. The van der Waals surface area contributed by atoms with Gasteiger partial charge in [-0.3, -0.25) is 14.6 Å². The maximum atomic E-state index is 12.3. The average Bonchev–Trinajstić information content (AvgIpc) is 2.66. The number of benzene rings is 1. The number of rotatable bonds is 5. The smallest absolute Gasteiger partial charge is 0.265 e. The van der Waals surface area contributed by atoms with E-state index in [9.17, 15) is 9.59 Å². The van der Waals surface area contributed by atoms with Crippen molar-refractivity contribution in [1.82, 2.24) is 15.3 Å². The fraction of sp³-hybridized carbons (Fsp3) is 0.450. The summed E-state index contributed by atoms with van der Waals surface area (Å²) in [7, 11) is 0. The first-order chi connectivity index (χ1) is 13.0. The molecule has 1 aliphatic heterocycles. The second-order valence-corrected chi connectivity index (χ2v) is 7.31. The van der Waals surface area contributed by atoms with Crippen molar-refractivity contribution in [2.45, 2.75) is 20.8 Å². The summed E-state index contributed by atoms with van der Waals surface area (Å²) in [5.41, 5.74) is 2.16. The molecule has 2 aromatic rings. The first-order valence-electron chi connectivity index (χ1n) is 9.38. The summed E-state index contributed by atoms with van der Waals surface area (Å²) in [5.74, 6) is 0.461. The van der Waals surface area contributed by atoms with Gasteiger partial charge in [0.15, 0.2) is 0 Å². The summed E-state index contributed by atoms with van der Waals surface area (Å²) >= 11 is 0. The quantitative estimate of drug-likeness (QED) is 0.840. The van der Waals surface area contributed by atoms with Crippen molar-refractivity contribution in [2.75, 3.05) is 42.5 Å². The molecule has 2 heterocycles. The molecule has 0 atom stereocenters. The van der Waals surface area contributed by atoms with E-state index in [2.05, 4.69) is 45.3 Å². The molecule has 1 saturated heterocycles. The molecule has 0 saturated carbocycles. The Morgan fingerprint density at radius 3 is 2.48 bits per heavy atom. The Morgan fingerprint density at radius 1 is 1.19 bits per heavy atom. The maximum absolute atomic E-state index is 12.3. The topological polar surface area (TPSA) is 81.3 Å². The Hall–Kier alpha value is -2.83. The molecule has 1 aliphatic rings. The first-order valence-corrected chi connectivity index (χ1v) is 9.38. The van der Waals surface area contributed by atoms with Crippen LogP contribution in [0.5, 0.6) is 0 Å². The summed E-state index contributed by atoms with van der Waals surface area (Å²) in [6.45, 7) is 9.87. The Kier molecular flexibility index (Phi) is 5.78. The number of para-hydroxylation sites is 1. The minimum Gasteiger partial charge on any atom is -0.368 e. The van der Waals surface area contributed by atoms with Crippen molar-refractivity contribution in [1.29, 1.82) is 0 Å². The number of nitrogens with zero attached hydrogens (tertiary/aromatic N) is 3. The molecule has 0 aliphatic carbocycles. The molecule has 1 amide bonds. The number of aryl methyl sites for hydroxylation is 1. The molecule has 0 unspecified atom stereocenters. The SMILES string of the molecule is Cc1ccccc1N1CCN(c2ncc(C(=O)NCC(C)C)c(=O)[nH]2)CC1. The van der Waals surface area contributed by atoms with Crippen LogP contribution in [0.2, 0.25) is 0 Å². The molecular weight excluding hydrogens is 342 g/mol. The van der Waals surface area contributed by atoms with Gasteiger partial charge in [-0.2, -0.15) is 0 Å². The first kappa shape index (κ1) is 18.9. The molecule has 3 rings (SSSR count). The number of amides is 1. The van der Waals surface area contributed by atoms with Gasteiger partial charge in [0.1, 0.15) is 5.56 Å². The zero-order valence-electron chi connectivity index (χ0n) is 16.2. The third kappa shape index (κ3) is 4.48. The molecule has 0 radical (unpaired) electrons. The van der Waals surface area contributed by atoms with Gasteiger partial charge in [0.05, 0.1) is 0 Å². The van der Waals surface area contributed by atoms with Gasteiger partial charge in [-0.25, -0.2) is 4.98 Å². The lowest BCUT2D eigenvalue weighted by atomic mass is 10.1. The van der Waals surface area contributed by atoms with E-state index in [1.54, 1.807) is 0 Å². The summed E-state index contributed by atoms with van der Waals surface area (Å²) < 4.78 is 0. The van der Waals surface area contributed by atoms with E-state index in [0.29, 0.717) is 18.4 Å². The number of anilines is 2. The predicted molar refractivity (Wildman–Crippen MR) is 108 cm³/mol. The molecule has 7 heteroatoms.